The van der Waals surface area contributed by atoms with Crippen LogP contribution in [0.5, 0.6) is 0 Å². The SMILES string of the molecule is O=C(NCc1cc2n(n1)CCCN(CC1CC=CCC1)C2)C1CCC1. The Kier molecular flexibility index (Phi) is 5.20. The largest absolute Gasteiger partial charge is 0.350 e. The minimum Gasteiger partial charge on any atom is -0.350 e. The van der Waals surface area contributed by atoms with Gasteiger partial charge in [0.05, 0.1) is 17.9 Å². The summed E-state index contributed by atoms with van der Waals surface area (Å²) in [6, 6.07) is 2.19. The van der Waals surface area contributed by atoms with Crippen molar-refractivity contribution >= 4 is 5.91 Å². The summed E-state index contributed by atoms with van der Waals surface area (Å²) in [4.78, 5) is 14.6. The lowest BCUT2D eigenvalue weighted by atomic mass is 9.85. The van der Waals surface area contributed by atoms with Crippen LogP contribution in [0, 0.1) is 11.8 Å². The normalized spacial score (nSPS) is 24.4. The molecule has 0 spiro atoms. The van der Waals surface area contributed by atoms with E-state index in [1.807, 2.05) is 0 Å². The highest BCUT2D eigenvalue weighted by molar-refractivity contribution is 5.79. The lowest BCUT2D eigenvalue weighted by Crippen LogP contribution is -2.34. The second kappa shape index (κ2) is 7.73. The van der Waals surface area contributed by atoms with Gasteiger partial charge in [-0.05, 0) is 50.5 Å². The van der Waals surface area contributed by atoms with Gasteiger partial charge in [-0.2, -0.15) is 5.10 Å². The molecule has 1 aliphatic heterocycles. The summed E-state index contributed by atoms with van der Waals surface area (Å²) in [7, 11) is 0. The van der Waals surface area contributed by atoms with Gasteiger partial charge in [0.25, 0.3) is 0 Å². The molecule has 4 rings (SSSR count). The van der Waals surface area contributed by atoms with E-state index >= 15 is 0 Å². The van der Waals surface area contributed by atoms with Gasteiger partial charge in [-0.25, -0.2) is 0 Å². The Bertz CT molecular complexity index is 632. The lowest BCUT2D eigenvalue weighted by Gasteiger charge is -2.26. The van der Waals surface area contributed by atoms with E-state index in [9.17, 15) is 4.79 Å². The topological polar surface area (TPSA) is 50.2 Å². The number of carbonyl (C=O) groups is 1. The van der Waals surface area contributed by atoms with E-state index < -0.39 is 0 Å². The van der Waals surface area contributed by atoms with Crippen LogP contribution in [0.4, 0.5) is 0 Å². The molecule has 1 aromatic rings. The number of amides is 1. The lowest BCUT2D eigenvalue weighted by molar-refractivity contribution is -0.127. The van der Waals surface area contributed by atoms with Crippen molar-refractivity contribution in [3.8, 4) is 0 Å². The fourth-order valence-electron chi connectivity index (χ4n) is 4.21. The molecule has 25 heavy (non-hydrogen) atoms. The van der Waals surface area contributed by atoms with Crippen molar-refractivity contribution in [2.45, 2.75) is 64.6 Å². The van der Waals surface area contributed by atoms with Crippen LogP contribution in [0.3, 0.4) is 0 Å². The van der Waals surface area contributed by atoms with Crippen LogP contribution >= 0.6 is 0 Å². The monoisotopic (exact) mass is 342 g/mol. The van der Waals surface area contributed by atoms with Crippen molar-refractivity contribution in [3.63, 3.8) is 0 Å². The summed E-state index contributed by atoms with van der Waals surface area (Å²) in [5.41, 5.74) is 2.31. The Hall–Kier alpha value is -1.62. The zero-order valence-corrected chi connectivity index (χ0v) is 15.1. The molecule has 1 aromatic heterocycles. The third-order valence-corrected chi connectivity index (χ3v) is 5.96. The number of nitrogens with zero attached hydrogens (tertiary/aromatic N) is 3. The molecular weight excluding hydrogens is 312 g/mol. The van der Waals surface area contributed by atoms with Crippen molar-refractivity contribution in [2.24, 2.45) is 11.8 Å². The van der Waals surface area contributed by atoms with Gasteiger partial charge < -0.3 is 5.32 Å². The fourth-order valence-corrected chi connectivity index (χ4v) is 4.21. The van der Waals surface area contributed by atoms with E-state index in [0.29, 0.717) is 6.54 Å². The molecule has 5 heteroatoms. The summed E-state index contributed by atoms with van der Waals surface area (Å²) in [5.74, 6) is 1.27. The predicted molar refractivity (Wildman–Crippen MR) is 97.8 cm³/mol. The van der Waals surface area contributed by atoms with Crippen LogP contribution in [-0.4, -0.2) is 33.7 Å². The average Bonchev–Trinajstić information content (AvgIpc) is 2.85. The summed E-state index contributed by atoms with van der Waals surface area (Å²) in [6.45, 7) is 4.92. The van der Waals surface area contributed by atoms with Crippen molar-refractivity contribution in [1.29, 1.82) is 0 Å². The quantitative estimate of drug-likeness (QED) is 0.837. The first-order valence-electron chi connectivity index (χ1n) is 9.98. The van der Waals surface area contributed by atoms with E-state index in [-0.39, 0.29) is 11.8 Å². The first-order chi connectivity index (χ1) is 12.3. The number of carbonyl (C=O) groups excluding carboxylic acids is 1. The number of fused-ring (bicyclic) bond motifs is 1. The van der Waals surface area contributed by atoms with Gasteiger partial charge in [0.1, 0.15) is 0 Å². The molecule has 3 aliphatic rings. The number of allylic oxidation sites excluding steroid dienone is 2. The van der Waals surface area contributed by atoms with E-state index in [1.54, 1.807) is 0 Å². The van der Waals surface area contributed by atoms with E-state index in [2.05, 4.69) is 33.1 Å². The van der Waals surface area contributed by atoms with Crippen molar-refractivity contribution in [3.05, 3.63) is 29.6 Å². The maximum Gasteiger partial charge on any atom is 0.223 e. The van der Waals surface area contributed by atoms with Crippen LogP contribution in [0.25, 0.3) is 0 Å². The molecule has 0 radical (unpaired) electrons. The molecule has 1 fully saturated rings. The van der Waals surface area contributed by atoms with Crippen molar-refractivity contribution < 1.29 is 4.79 Å². The third-order valence-electron chi connectivity index (χ3n) is 5.96. The molecule has 5 nitrogen and oxygen atoms in total. The standard InChI is InChI=1S/C20H30N4O/c25-20(17-8-4-9-17)21-13-18-12-19-15-23(10-5-11-24(19)22-18)14-16-6-2-1-3-7-16/h1-2,12,16-17H,3-11,13-15H2,(H,21,25). The third kappa shape index (κ3) is 4.14. The zero-order chi connectivity index (χ0) is 17.1. The Balaban J connectivity index is 1.33. The molecule has 1 atom stereocenters. The molecule has 1 unspecified atom stereocenters. The molecule has 2 heterocycles. The predicted octanol–water partition coefficient (Wildman–Crippen LogP) is 2.86. The van der Waals surface area contributed by atoms with Crippen LogP contribution in [-0.2, 0) is 24.4 Å². The van der Waals surface area contributed by atoms with E-state index in [0.717, 1.165) is 50.5 Å². The average molecular weight is 342 g/mol. The van der Waals surface area contributed by atoms with Gasteiger partial charge in [0, 0.05) is 32.1 Å². The van der Waals surface area contributed by atoms with Crippen LogP contribution in [0.1, 0.15) is 56.3 Å². The minimum absolute atomic E-state index is 0.210. The molecule has 0 saturated heterocycles. The maximum absolute atomic E-state index is 12.0. The Morgan fingerprint density at radius 2 is 2.12 bits per heavy atom. The van der Waals surface area contributed by atoms with Gasteiger partial charge in [-0.1, -0.05) is 18.6 Å². The Labute approximate surface area is 150 Å². The van der Waals surface area contributed by atoms with Gasteiger partial charge in [-0.15, -0.1) is 0 Å². The van der Waals surface area contributed by atoms with Gasteiger partial charge in [-0.3, -0.25) is 14.4 Å². The number of hydrogen-bond donors (Lipinski definition) is 1. The number of hydrogen-bond acceptors (Lipinski definition) is 3. The molecule has 1 amide bonds. The summed E-state index contributed by atoms with van der Waals surface area (Å²) in [6.07, 6.45) is 12.9. The number of nitrogens with one attached hydrogen (secondary N) is 1. The summed E-state index contributed by atoms with van der Waals surface area (Å²) >= 11 is 0. The fraction of sp³-hybridized carbons (Fsp3) is 0.700. The summed E-state index contributed by atoms with van der Waals surface area (Å²) in [5, 5.41) is 7.80. The number of aryl methyl sites for hydroxylation is 1. The molecule has 1 N–H and O–H groups in total. The molecule has 136 valence electrons. The molecule has 0 bridgehead atoms. The Morgan fingerprint density at radius 3 is 2.88 bits per heavy atom. The molecule has 1 saturated carbocycles. The minimum atomic E-state index is 0.210. The molecule has 0 aromatic carbocycles. The van der Waals surface area contributed by atoms with Crippen LogP contribution < -0.4 is 5.32 Å². The zero-order valence-electron chi connectivity index (χ0n) is 15.1. The smallest absolute Gasteiger partial charge is 0.223 e. The van der Waals surface area contributed by atoms with Gasteiger partial charge in [0.2, 0.25) is 5.91 Å². The van der Waals surface area contributed by atoms with E-state index in [1.165, 1.54) is 37.9 Å². The molecular formula is C20H30N4O. The van der Waals surface area contributed by atoms with Crippen LogP contribution in [0.15, 0.2) is 18.2 Å². The maximum atomic E-state index is 12.0. The highest BCUT2D eigenvalue weighted by atomic mass is 16.1. The van der Waals surface area contributed by atoms with Crippen molar-refractivity contribution in [2.75, 3.05) is 13.1 Å². The highest BCUT2D eigenvalue weighted by Crippen LogP contribution is 2.26. The van der Waals surface area contributed by atoms with Crippen LogP contribution in [0.2, 0.25) is 0 Å². The number of aromatic nitrogens is 2. The van der Waals surface area contributed by atoms with Crippen molar-refractivity contribution in [1.82, 2.24) is 20.0 Å². The second-order valence-corrected chi connectivity index (χ2v) is 7.93. The first kappa shape index (κ1) is 16.8. The molecule has 2 aliphatic carbocycles. The Morgan fingerprint density at radius 1 is 1.20 bits per heavy atom. The van der Waals surface area contributed by atoms with Gasteiger partial charge in [0.15, 0.2) is 0 Å². The number of rotatable bonds is 5. The summed E-state index contributed by atoms with van der Waals surface area (Å²) < 4.78 is 2.16. The second-order valence-electron chi connectivity index (χ2n) is 7.93. The van der Waals surface area contributed by atoms with Gasteiger partial charge >= 0.3 is 0 Å². The highest BCUT2D eigenvalue weighted by Gasteiger charge is 2.25. The first-order valence-corrected chi connectivity index (χ1v) is 9.98. The van der Waals surface area contributed by atoms with E-state index in [4.69, 9.17) is 5.10 Å².